The van der Waals surface area contributed by atoms with Gasteiger partial charge in [0.2, 0.25) is 5.91 Å². The van der Waals surface area contributed by atoms with Crippen LogP contribution in [0.15, 0.2) is 27.2 Å². The quantitative estimate of drug-likeness (QED) is 0.347. The third-order valence-electron chi connectivity index (χ3n) is 3.36. The average Bonchev–Trinajstić information content (AvgIpc) is 3.40. The van der Waals surface area contributed by atoms with E-state index in [4.69, 9.17) is 9.47 Å². The summed E-state index contributed by atoms with van der Waals surface area (Å²) < 4.78 is 11.3. The number of thioether (sulfide) groups is 1. The molecule has 3 aromatic heterocycles. The zero-order chi connectivity index (χ0) is 20.8. The van der Waals surface area contributed by atoms with Gasteiger partial charge in [-0.25, -0.2) is 4.79 Å². The fourth-order valence-corrected chi connectivity index (χ4v) is 5.66. The Morgan fingerprint density at radius 1 is 1.28 bits per heavy atom. The fraction of sp³-hybridized carbons (Fsp3) is 0.333. The van der Waals surface area contributed by atoms with Gasteiger partial charge < -0.3 is 14.8 Å². The maximum absolute atomic E-state index is 12.5. The minimum absolute atomic E-state index is 0.0155. The maximum atomic E-state index is 12.5. The van der Waals surface area contributed by atoms with Crippen molar-refractivity contribution < 1.29 is 19.1 Å². The molecule has 7 nitrogen and oxygen atoms in total. The van der Waals surface area contributed by atoms with Crippen LogP contribution in [0, 0.1) is 0 Å². The Kier molecular flexibility index (Phi) is 7.64. The molecule has 0 saturated carbocycles. The van der Waals surface area contributed by atoms with Crippen molar-refractivity contribution in [2.75, 3.05) is 17.7 Å². The molecule has 3 rings (SSSR count). The SMILES string of the molecule is CCOC(=O)c1c(-c2cccs2)csc1NC(=O)CSc1nnc(OC(C)C)s1. The van der Waals surface area contributed by atoms with Gasteiger partial charge in [0.15, 0.2) is 4.34 Å². The lowest BCUT2D eigenvalue weighted by Crippen LogP contribution is -2.16. The van der Waals surface area contributed by atoms with Crippen LogP contribution in [-0.4, -0.2) is 40.5 Å². The van der Waals surface area contributed by atoms with Crippen LogP contribution in [0.25, 0.3) is 10.4 Å². The van der Waals surface area contributed by atoms with Crippen LogP contribution in [-0.2, 0) is 9.53 Å². The first-order valence-electron chi connectivity index (χ1n) is 8.73. The Morgan fingerprint density at radius 3 is 2.79 bits per heavy atom. The molecule has 0 bridgehead atoms. The molecule has 1 amide bonds. The highest BCUT2D eigenvalue weighted by Crippen LogP contribution is 2.38. The van der Waals surface area contributed by atoms with Crippen molar-refractivity contribution in [2.45, 2.75) is 31.2 Å². The van der Waals surface area contributed by atoms with Gasteiger partial charge in [-0.3, -0.25) is 4.79 Å². The van der Waals surface area contributed by atoms with E-state index < -0.39 is 5.97 Å². The van der Waals surface area contributed by atoms with Crippen LogP contribution in [0.2, 0.25) is 0 Å². The monoisotopic (exact) mass is 469 g/mol. The molecule has 11 heteroatoms. The van der Waals surface area contributed by atoms with E-state index in [1.165, 1.54) is 45.8 Å². The first-order chi connectivity index (χ1) is 14.0. The number of carbonyl (C=O) groups is 2. The standard InChI is InChI=1S/C18H19N3O4S4/c1-4-24-16(23)14-11(12-6-5-7-26-12)8-27-15(14)19-13(22)9-28-18-21-20-17(29-18)25-10(2)3/h5-8,10H,4,9H2,1-3H3,(H,19,22). The van der Waals surface area contributed by atoms with E-state index >= 15 is 0 Å². The molecule has 0 aliphatic carbocycles. The molecular weight excluding hydrogens is 450 g/mol. The fourth-order valence-electron chi connectivity index (χ4n) is 2.26. The molecule has 0 radical (unpaired) electrons. The zero-order valence-corrected chi connectivity index (χ0v) is 19.2. The number of hydrogen-bond donors (Lipinski definition) is 1. The van der Waals surface area contributed by atoms with Gasteiger partial charge >= 0.3 is 5.97 Å². The first-order valence-corrected chi connectivity index (χ1v) is 12.3. The average molecular weight is 470 g/mol. The summed E-state index contributed by atoms with van der Waals surface area (Å²) in [7, 11) is 0. The van der Waals surface area contributed by atoms with Crippen LogP contribution < -0.4 is 10.1 Å². The molecule has 0 aromatic carbocycles. The first kappa shape index (κ1) is 21.8. The number of esters is 1. The van der Waals surface area contributed by atoms with Crippen molar-refractivity contribution in [3.8, 4) is 15.6 Å². The molecule has 1 N–H and O–H groups in total. The third kappa shape index (κ3) is 5.78. The summed E-state index contributed by atoms with van der Waals surface area (Å²) in [5, 5.41) is 15.6. The van der Waals surface area contributed by atoms with E-state index in [1.54, 1.807) is 6.92 Å². The van der Waals surface area contributed by atoms with Crippen molar-refractivity contribution in [3.05, 3.63) is 28.5 Å². The summed E-state index contributed by atoms with van der Waals surface area (Å²) in [5.74, 6) is -0.536. The number of rotatable bonds is 9. The Morgan fingerprint density at radius 2 is 2.10 bits per heavy atom. The summed E-state index contributed by atoms with van der Waals surface area (Å²) in [4.78, 5) is 25.9. The molecule has 0 atom stereocenters. The van der Waals surface area contributed by atoms with Crippen LogP contribution in [0.1, 0.15) is 31.1 Å². The van der Waals surface area contributed by atoms with E-state index in [0.717, 1.165) is 10.4 Å². The lowest BCUT2D eigenvalue weighted by Gasteiger charge is -2.07. The molecule has 154 valence electrons. The van der Waals surface area contributed by atoms with Gasteiger partial charge in [0, 0.05) is 15.8 Å². The molecule has 3 aromatic rings. The van der Waals surface area contributed by atoms with Crippen LogP contribution in [0.4, 0.5) is 5.00 Å². The third-order valence-corrected chi connectivity index (χ3v) is 7.11. The number of ether oxygens (including phenoxy) is 2. The van der Waals surface area contributed by atoms with Crippen molar-refractivity contribution in [2.24, 2.45) is 0 Å². The zero-order valence-electron chi connectivity index (χ0n) is 16.0. The second-order valence-electron chi connectivity index (χ2n) is 5.89. The lowest BCUT2D eigenvalue weighted by atomic mass is 10.1. The molecule has 0 fully saturated rings. The van der Waals surface area contributed by atoms with Gasteiger partial charge in [-0.15, -0.1) is 27.8 Å². The number of carbonyl (C=O) groups excluding carboxylic acids is 2. The van der Waals surface area contributed by atoms with Crippen LogP contribution >= 0.6 is 45.8 Å². The Bertz CT molecular complexity index is 966. The van der Waals surface area contributed by atoms with Gasteiger partial charge in [-0.2, -0.15) is 0 Å². The predicted molar refractivity (Wildman–Crippen MR) is 119 cm³/mol. The van der Waals surface area contributed by atoms with Gasteiger partial charge in [-0.1, -0.05) is 22.9 Å². The molecule has 0 saturated heterocycles. The molecular formula is C18H19N3O4S4. The number of amides is 1. The van der Waals surface area contributed by atoms with Crippen LogP contribution in [0.3, 0.4) is 0 Å². The number of nitrogens with zero attached hydrogens (tertiary/aromatic N) is 2. The van der Waals surface area contributed by atoms with E-state index in [2.05, 4.69) is 15.5 Å². The predicted octanol–water partition coefficient (Wildman–Crippen LogP) is 5.02. The molecule has 0 unspecified atom stereocenters. The van der Waals surface area contributed by atoms with Gasteiger partial charge in [0.1, 0.15) is 10.6 Å². The van der Waals surface area contributed by atoms with E-state index in [1.807, 2.05) is 36.7 Å². The van der Waals surface area contributed by atoms with Gasteiger partial charge in [0.25, 0.3) is 5.19 Å². The smallest absolute Gasteiger partial charge is 0.341 e. The highest BCUT2D eigenvalue weighted by atomic mass is 32.2. The van der Waals surface area contributed by atoms with Crippen molar-refractivity contribution in [1.82, 2.24) is 10.2 Å². The number of anilines is 1. The summed E-state index contributed by atoms with van der Waals surface area (Å²) in [5.41, 5.74) is 1.16. The lowest BCUT2D eigenvalue weighted by molar-refractivity contribution is -0.113. The molecule has 29 heavy (non-hydrogen) atoms. The Labute approximate surface area is 184 Å². The summed E-state index contributed by atoms with van der Waals surface area (Å²) in [6.07, 6.45) is 0.0155. The molecule has 0 aliphatic heterocycles. The summed E-state index contributed by atoms with van der Waals surface area (Å²) in [6, 6.07) is 3.85. The Balaban J connectivity index is 1.68. The maximum Gasteiger partial charge on any atom is 0.341 e. The van der Waals surface area contributed by atoms with E-state index in [-0.39, 0.29) is 24.4 Å². The minimum atomic E-state index is -0.445. The molecule has 0 spiro atoms. The number of hydrogen-bond acceptors (Lipinski definition) is 10. The second-order valence-corrected chi connectivity index (χ2v) is 9.88. The minimum Gasteiger partial charge on any atom is -0.466 e. The van der Waals surface area contributed by atoms with Crippen LogP contribution in [0.5, 0.6) is 5.19 Å². The number of nitrogens with one attached hydrogen (secondary N) is 1. The number of aromatic nitrogens is 2. The number of thiophene rings is 2. The van der Waals surface area contributed by atoms with Crippen molar-refractivity contribution in [3.63, 3.8) is 0 Å². The second kappa shape index (κ2) is 10.2. The van der Waals surface area contributed by atoms with E-state index in [9.17, 15) is 9.59 Å². The Hall–Kier alpha value is -1.95. The topological polar surface area (TPSA) is 90.4 Å². The molecule has 0 aliphatic rings. The highest BCUT2D eigenvalue weighted by Gasteiger charge is 2.23. The van der Waals surface area contributed by atoms with E-state index in [0.29, 0.717) is 20.1 Å². The summed E-state index contributed by atoms with van der Waals surface area (Å²) >= 11 is 5.40. The van der Waals surface area contributed by atoms with Gasteiger partial charge in [0.05, 0.1) is 18.5 Å². The van der Waals surface area contributed by atoms with Crippen molar-refractivity contribution in [1.29, 1.82) is 0 Å². The normalized spacial score (nSPS) is 10.9. The molecule has 3 heterocycles. The van der Waals surface area contributed by atoms with Crippen molar-refractivity contribution >= 4 is 62.6 Å². The highest BCUT2D eigenvalue weighted by molar-refractivity contribution is 8.01. The summed E-state index contributed by atoms with van der Waals surface area (Å²) in [6.45, 7) is 5.84. The van der Waals surface area contributed by atoms with Gasteiger partial charge in [-0.05, 0) is 43.6 Å². The largest absolute Gasteiger partial charge is 0.466 e.